The number of methoxy groups -OCH3 is 1. The van der Waals surface area contributed by atoms with Crippen LogP contribution in [-0.4, -0.2) is 19.7 Å². The van der Waals surface area contributed by atoms with Crippen LogP contribution in [-0.2, 0) is 10.3 Å². The molecule has 0 radical (unpaired) electrons. The van der Waals surface area contributed by atoms with Crippen molar-refractivity contribution in [2.24, 2.45) is 10.7 Å². The molecule has 4 nitrogen and oxygen atoms in total. The van der Waals surface area contributed by atoms with Gasteiger partial charge in [0.25, 0.3) is 6.02 Å². The van der Waals surface area contributed by atoms with Gasteiger partial charge in [0.05, 0.1) is 7.11 Å². The summed E-state index contributed by atoms with van der Waals surface area (Å²) in [6, 6.07) is 24.1. The third kappa shape index (κ3) is 3.24. The van der Waals surface area contributed by atoms with Crippen molar-refractivity contribution in [3.8, 4) is 16.9 Å². The normalized spacial score (nSPS) is 18.7. The highest BCUT2D eigenvalue weighted by Gasteiger charge is 2.40. The highest BCUT2D eigenvalue weighted by molar-refractivity contribution is 6.30. The number of hydrogen-bond acceptors (Lipinski definition) is 4. The Morgan fingerprint density at radius 2 is 1.67 bits per heavy atom. The maximum absolute atomic E-state index is 6.07. The predicted molar refractivity (Wildman–Crippen MR) is 108 cm³/mol. The topological polar surface area (TPSA) is 56.8 Å². The van der Waals surface area contributed by atoms with Crippen LogP contribution in [0.3, 0.4) is 0 Å². The molecule has 2 N–H and O–H groups in total. The molecule has 1 atom stereocenters. The smallest absolute Gasteiger partial charge is 0.283 e. The fourth-order valence-electron chi connectivity index (χ4n) is 3.38. The van der Waals surface area contributed by atoms with E-state index in [2.05, 4.69) is 23.2 Å². The molecule has 3 aromatic rings. The van der Waals surface area contributed by atoms with Crippen LogP contribution in [0.5, 0.6) is 5.75 Å². The SMILES string of the molecule is COc1cccc(-c2cccc(C3(c4ccc(Cl)cc4)COC(N)=N3)c2)c1. The van der Waals surface area contributed by atoms with Crippen LogP contribution < -0.4 is 10.5 Å². The second-order valence-electron chi connectivity index (χ2n) is 6.42. The monoisotopic (exact) mass is 378 g/mol. The first kappa shape index (κ1) is 17.4. The van der Waals surface area contributed by atoms with Gasteiger partial charge in [-0.3, -0.25) is 0 Å². The predicted octanol–water partition coefficient (Wildman–Crippen LogP) is 4.60. The van der Waals surface area contributed by atoms with Gasteiger partial charge in [-0.05, 0) is 52.6 Å². The van der Waals surface area contributed by atoms with E-state index in [1.165, 1.54) is 0 Å². The molecule has 3 aromatic carbocycles. The summed E-state index contributed by atoms with van der Waals surface area (Å²) >= 11 is 6.07. The van der Waals surface area contributed by atoms with E-state index in [9.17, 15) is 0 Å². The Morgan fingerprint density at radius 1 is 0.963 bits per heavy atom. The van der Waals surface area contributed by atoms with E-state index in [0.717, 1.165) is 28.0 Å². The van der Waals surface area contributed by atoms with Crippen molar-refractivity contribution >= 4 is 17.6 Å². The highest BCUT2D eigenvalue weighted by Crippen LogP contribution is 2.39. The fourth-order valence-corrected chi connectivity index (χ4v) is 3.50. The van der Waals surface area contributed by atoms with Gasteiger partial charge < -0.3 is 15.2 Å². The van der Waals surface area contributed by atoms with E-state index < -0.39 is 5.54 Å². The summed E-state index contributed by atoms with van der Waals surface area (Å²) in [6.45, 7) is 0.349. The number of aliphatic imine (C=N–C) groups is 1. The van der Waals surface area contributed by atoms with Crippen molar-refractivity contribution in [2.45, 2.75) is 5.54 Å². The van der Waals surface area contributed by atoms with Crippen LogP contribution in [0, 0.1) is 0 Å². The van der Waals surface area contributed by atoms with Crippen LogP contribution in [0.25, 0.3) is 11.1 Å². The number of amidine groups is 1. The second kappa shape index (κ2) is 6.97. The average Bonchev–Trinajstić information content (AvgIpc) is 3.11. The lowest BCUT2D eigenvalue weighted by molar-refractivity contribution is 0.278. The zero-order valence-corrected chi connectivity index (χ0v) is 15.6. The molecule has 0 spiro atoms. The Kier molecular flexibility index (Phi) is 4.50. The zero-order chi connectivity index (χ0) is 18.9. The lowest BCUT2D eigenvalue weighted by Gasteiger charge is -2.26. The van der Waals surface area contributed by atoms with Crippen molar-refractivity contribution in [2.75, 3.05) is 13.7 Å². The van der Waals surface area contributed by atoms with E-state index in [1.807, 2.05) is 54.6 Å². The molecule has 1 heterocycles. The number of ether oxygens (including phenoxy) is 2. The molecule has 0 amide bonds. The second-order valence-corrected chi connectivity index (χ2v) is 6.86. The van der Waals surface area contributed by atoms with Crippen LogP contribution in [0.1, 0.15) is 11.1 Å². The minimum atomic E-state index is -0.691. The Morgan fingerprint density at radius 3 is 2.33 bits per heavy atom. The molecule has 0 bridgehead atoms. The molecule has 1 aliphatic heterocycles. The first-order valence-corrected chi connectivity index (χ1v) is 8.98. The van der Waals surface area contributed by atoms with E-state index >= 15 is 0 Å². The number of halogens is 1. The van der Waals surface area contributed by atoms with Gasteiger partial charge >= 0.3 is 0 Å². The molecule has 0 fully saturated rings. The summed E-state index contributed by atoms with van der Waals surface area (Å²) in [7, 11) is 1.67. The first-order chi connectivity index (χ1) is 13.1. The molecule has 136 valence electrons. The van der Waals surface area contributed by atoms with Crippen LogP contribution in [0.4, 0.5) is 0 Å². The molecule has 27 heavy (non-hydrogen) atoms. The summed E-state index contributed by atoms with van der Waals surface area (Å²) in [5, 5.41) is 0.676. The molecule has 5 heteroatoms. The third-order valence-electron chi connectivity index (χ3n) is 4.79. The Labute approximate surface area is 163 Å². The van der Waals surface area contributed by atoms with Crippen LogP contribution in [0.15, 0.2) is 77.8 Å². The fraction of sp³-hybridized carbons (Fsp3) is 0.136. The quantitative estimate of drug-likeness (QED) is 0.721. The van der Waals surface area contributed by atoms with Gasteiger partial charge in [0, 0.05) is 5.02 Å². The van der Waals surface area contributed by atoms with Gasteiger partial charge in [0.15, 0.2) is 5.54 Å². The summed E-state index contributed by atoms with van der Waals surface area (Å²) in [5.74, 6) is 0.816. The maximum Gasteiger partial charge on any atom is 0.283 e. The summed E-state index contributed by atoms with van der Waals surface area (Å²) in [5.41, 5.74) is 9.32. The van der Waals surface area contributed by atoms with Gasteiger partial charge in [-0.15, -0.1) is 0 Å². The molecular formula is C22H19ClN2O2. The van der Waals surface area contributed by atoms with Crippen molar-refractivity contribution in [1.29, 1.82) is 0 Å². The molecule has 0 saturated carbocycles. The Hall–Kier alpha value is -2.98. The molecular weight excluding hydrogens is 360 g/mol. The Bertz CT molecular complexity index is 1000. The zero-order valence-electron chi connectivity index (χ0n) is 14.9. The largest absolute Gasteiger partial charge is 0.497 e. The number of benzene rings is 3. The Balaban J connectivity index is 1.83. The molecule has 0 saturated heterocycles. The maximum atomic E-state index is 6.07. The number of nitrogens with two attached hydrogens (primary N) is 1. The van der Waals surface area contributed by atoms with Gasteiger partial charge in [-0.25, -0.2) is 4.99 Å². The van der Waals surface area contributed by atoms with Gasteiger partial charge in [-0.1, -0.05) is 54.1 Å². The minimum absolute atomic E-state index is 0.191. The van der Waals surface area contributed by atoms with Gasteiger partial charge in [0.2, 0.25) is 0 Å². The number of rotatable bonds is 4. The highest BCUT2D eigenvalue weighted by atomic mass is 35.5. The van der Waals surface area contributed by atoms with Crippen molar-refractivity contribution in [3.05, 3.63) is 88.9 Å². The van der Waals surface area contributed by atoms with Crippen molar-refractivity contribution in [1.82, 2.24) is 0 Å². The van der Waals surface area contributed by atoms with E-state index in [0.29, 0.717) is 11.6 Å². The molecule has 0 aromatic heterocycles. The van der Waals surface area contributed by atoms with Crippen molar-refractivity contribution < 1.29 is 9.47 Å². The first-order valence-electron chi connectivity index (χ1n) is 8.60. The molecule has 0 aliphatic carbocycles. The molecule has 4 rings (SSSR count). The molecule has 1 unspecified atom stereocenters. The number of nitrogens with zero attached hydrogens (tertiary/aromatic N) is 1. The minimum Gasteiger partial charge on any atom is -0.497 e. The van der Waals surface area contributed by atoms with Gasteiger partial charge in [-0.2, -0.15) is 0 Å². The number of hydrogen-bond donors (Lipinski definition) is 1. The third-order valence-corrected chi connectivity index (χ3v) is 5.05. The lowest BCUT2D eigenvalue weighted by atomic mass is 9.83. The van der Waals surface area contributed by atoms with E-state index in [1.54, 1.807) is 7.11 Å². The van der Waals surface area contributed by atoms with Crippen LogP contribution >= 0.6 is 11.6 Å². The van der Waals surface area contributed by atoms with Crippen molar-refractivity contribution in [3.63, 3.8) is 0 Å². The van der Waals surface area contributed by atoms with Crippen LogP contribution in [0.2, 0.25) is 5.02 Å². The standard InChI is InChI=1S/C22H19ClN2O2/c1-26-20-7-3-5-16(13-20)15-4-2-6-18(12-15)22(14-27-21(24)25-22)17-8-10-19(23)11-9-17/h2-13H,14H2,1H3,(H2,24,25). The summed E-state index contributed by atoms with van der Waals surface area (Å²) < 4.78 is 10.9. The summed E-state index contributed by atoms with van der Waals surface area (Å²) in [6.07, 6.45) is 0. The van der Waals surface area contributed by atoms with Gasteiger partial charge in [0.1, 0.15) is 12.4 Å². The van der Waals surface area contributed by atoms with E-state index in [4.69, 9.17) is 26.8 Å². The summed E-state index contributed by atoms with van der Waals surface area (Å²) in [4.78, 5) is 4.66. The molecule has 1 aliphatic rings. The van der Waals surface area contributed by atoms with E-state index in [-0.39, 0.29) is 6.02 Å². The average molecular weight is 379 g/mol. The lowest BCUT2D eigenvalue weighted by Crippen LogP contribution is -2.27.